The number of rotatable bonds is 5. The first-order chi connectivity index (χ1) is 12.8. The molecule has 1 rings (SSSR count). The Hall–Kier alpha value is -0.480. The predicted octanol–water partition coefficient (Wildman–Crippen LogP) is 7.01. The third-order valence-electron chi connectivity index (χ3n) is 4.46. The van der Waals surface area contributed by atoms with E-state index >= 15 is 0 Å². The predicted molar refractivity (Wildman–Crippen MR) is 114 cm³/mol. The molecule has 6 heteroatoms. The average molecular weight is 417 g/mol. The summed E-state index contributed by atoms with van der Waals surface area (Å²) in [6.45, 7) is 14.9. The maximum atomic E-state index is 13.3. The van der Waals surface area contributed by atoms with Crippen LogP contribution in [0.5, 0.6) is 0 Å². The second-order valence-electron chi connectivity index (χ2n) is 9.83. The number of phosphoric acid groups is 1. The van der Waals surface area contributed by atoms with Crippen LogP contribution in [0.2, 0.25) is 0 Å². The van der Waals surface area contributed by atoms with Crippen LogP contribution in [-0.2, 0) is 22.9 Å². The normalized spacial score (nSPS) is 21.9. The molecule has 0 spiro atoms. The van der Waals surface area contributed by atoms with E-state index in [-0.39, 0.29) is 18.3 Å². The number of ketones is 1. The first kappa shape index (κ1) is 25.6. The van der Waals surface area contributed by atoms with Gasteiger partial charge in [0.05, 0.1) is 17.8 Å². The number of allylic oxidation sites excluding steroid dienone is 1. The van der Waals surface area contributed by atoms with E-state index in [1.165, 1.54) is 19.3 Å². The van der Waals surface area contributed by atoms with Gasteiger partial charge in [-0.2, -0.15) is 0 Å². The van der Waals surface area contributed by atoms with Gasteiger partial charge in [-0.25, -0.2) is 4.57 Å². The van der Waals surface area contributed by atoms with E-state index in [2.05, 4.69) is 6.58 Å². The van der Waals surface area contributed by atoms with Crippen molar-refractivity contribution in [3.8, 4) is 0 Å². The minimum Gasteiger partial charge on any atom is -0.294 e. The summed E-state index contributed by atoms with van der Waals surface area (Å²) >= 11 is 0. The standard InChI is InChI=1S/C22H41O5P/c1-18-15-13-11-9-8-10-12-14-16-19(20(18)23)17-25-28(24,26-21(2,3)4)27-22(5,6)7/h19H,1,8-17H2,2-7H3. The smallest absolute Gasteiger partial charge is 0.294 e. The van der Waals surface area contributed by atoms with Crippen LogP contribution >= 0.6 is 7.82 Å². The summed E-state index contributed by atoms with van der Waals surface area (Å²) in [7, 11) is -3.82. The molecule has 28 heavy (non-hydrogen) atoms. The Morgan fingerprint density at radius 3 is 1.86 bits per heavy atom. The van der Waals surface area contributed by atoms with E-state index < -0.39 is 19.0 Å². The Bertz CT molecular complexity index is 536. The lowest BCUT2D eigenvalue weighted by Crippen LogP contribution is -2.27. The van der Waals surface area contributed by atoms with Crippen LogP contribution in [0.4, 0.5) is 0 Å². The molecule has 1 saturated carbocycles. The monoisotopic (exact) mass is 416 g/mol. The van der Waals surface area contributed by atoms with Crippen molar-refractivity contribution in [3.63, 3.8) is 0 Å². The fourth-order valence-corrected chi connectivity index (χ4v) is 5.09. The highest BCUT2D eigenvalue weighted by Gasteiger charge is 2.38. The van der Waals surface area contributed by atoms with Crippen molar-refractivity contribution in [2.75, 3.05) is 6.61 Å². The molecule has 0 aliphatic heterocycles. The number of carbonyl (C=O) groups excluding carboxylic acids is 1. The molecule has 0 saturated heterocycles. The highest BCUT2D eigenvalue weighted by atomic mass is 31.2. The highest BCUT2D eigenvalue weighted by Crippen LogP contribution is 2.55. The zero-order chi connectivity index (χ0) is 21.4. The molecular formula is C22H41O5P. The molecule has 1 atom stereocenters. The van der Waals surface area contributed by atoms with Crippen LogP contribution in [-0.4, -0.2) is 23.6 Å². The van der Waals surface area contributed by atoms with Crippen molar-refractivity contribution >= 4 is 13.6 Å². The molecule has 0 radical (unpaired) electrons. The fraction of sp³-hybridized carbons (Fsp3) is 0.864. The molecular weight excluding hydrogens is 375 g/mol. The summed E-state index contributed by atoms with van der Waals surface area (Å²) in [5.41, 5.74) is -0.737. The largest absolute Gasteiger partial charge is 0.475 e. The van der Waals surface area contributed by atoms with Crippen molar-refractivity contribution in [2.24, 2.45) is 5.92 Å². The topological polar surface area (TPSA) is 61.8 Å². The van der Waals surface area contributed by atoms with E-state index in [1.54, 1.807) is 41.5 Å². The zero-order valence-electron chi connectivity index (χ0n) is 18.8. The molecule has 0 N–H and O–H groups in total. The van der Waals surface area contributed by atoms with E-state index in [1.807, 2.05) is 0 Å². The van der Waals surface area contributed by atoms with Crippen molar-refractivity contribution in [2.45, 2.75) is 111 Å². The van der Waals surface area contributed by atoms with Gasteiger partial charge in [0.1, 0.15) is 0 Å². The van der Waals surface area contributed by atoms with Gasteiger partial charge in [-0.05, 0) is 66.4 Å². The van der Waals surface area contributed by atoms with E-state index in [0.29, 0.717) is 12.0 Å². The van der Waals surface area contributed by atoms with Crippen molar-refractivity contribution in [3.05, 3.63) is 12.2 Å². The molecule has 0 heterocycles. The molecule has 1 aliphatic rings. The number of hydrogen-bond acceptors (Lipinski definition) is 5. The molecule has 0 amide bonds. The van der Waals surface area contributed by atoms with Gasteiger partial charge in [0.15, 0.2) is 5.78 Å². The van der Waals surface area contributed by atoms with Gasteiger partial charge in [0.25, 0.3) is 0 Å². The minimum absolute atomic E-state index is 0.0265. The molecule has 0 aromatic rings. The van der Waals surface area contributed by atoms with Crippen molar-refractivity contribution < 1.29 is 22.9 Å². The number of hydrogen-bond donors (Lipinski definition) is 0. The first-order valence-electron chi connectivity index (χ1n) is 10.7. The maximum absolute atomic E-state index is 13.3. The molecule has 5 nitrogen and oxygen atoms in total. The van der Waals surface area contributed by atoms with Crippen LogP contribution in [0.1, 0.15) is 99.3 Å². The lowest BCUT2D eigenvalue weighted by Gasteiger charge is -2.31. The summed E-state index contributed by atoms with van der Waals surface area (Å²) in [6, 6.07) is 0. The molecule has 0 aromatic carbocycles. The first-order valence-corrected chi connectivity index (χ1v) is 12.2. The summed E-state index contributed by atoms with van der Waals surface area (Å²) < 4.78 is 30.3. The van der Waals surface area contributed by atoms with Gasteiger partial charge < -0.3 is 0 Å². The third kappa shape index (κ3) is 10.9. The fourth-order valence-electron chi connectivity index (χ4n) is 3.24. The molecule has 1 unspecified atom stereocenters. The zero-order valence-corrected chi connectivity index (χ0v) is 19.7. The summed E-state index contributed by atoms with van der Waals surface area (Å²) in [4.78, 5) is 12.9. The number of carbonyl (C=O) groups is 1. The molecule has 1 fully saturated rings. The van der Waals surface area contributed by atoms with Crippen LogP contribution in [0.15, 0.2) is 12.2 Å². The maximum Gasteiger partial charge on any atom is 0.475 e. The van der Waals surface area contributed by atoms with Crippen LogP contribution in [0, 0.1) is 5.92 Å². The van der Waals surface area contributed by atoms with Gasteiger partial charge in [0, 0.05) is 5.92 Å². The van der Waals surface area contributed by atoms with E-state index in [0.717, 1.165) is 32.1 Å². The van der Waals surface area contributed by atoms with Gasteiger partial charge in [-0.15, -0.1) is 0 Å². The molecule has 1 aliphatic carbocycles. The SMILES string of the molecule is C=C1CCCCCCCCCC(COP(=O)(OC(C)(C)C)OC(C)(C)C)C1=O. The molecule has 0 aromatic heterocycles. The van der Waals surface area contributed by atoms with Crippen LogP contribution in [0.3, 0.4) is 0 Å². The summed E-state index contributed by atoms with van der Waals surface area (Å²) in [5, 5.41) is 0. The minimum atomic E-state index is -3.82. The quantitative estimate of drug-likeness (QED) is 0.356. The summed E-state index contributed by atoms with van der Waals surface area (Å²) in [6.07, 6.45) is 9.30. The molecule has 0 bridgehead atoms. The van der Waals surface area contributed by atoms with Gasteiger partial charge in [-0.3, -0.25) is 18.4 Å². The van der Waals surface area contributed by atoms with Crippen molar-refractivity contribution in [1.29, 1.82) is 0 Å². The summed E-state index contributed by atoms with van der Waals surface area (Å²) in [5.74, 6) is -0.328. The Balaban J connectivity index is 2.88. The number of Topliss-reactive ketones (excluding diaryl/α,β-unsaturated/α-hetero) is 1. The Morgan fingerprint density at radius 1 is 0.893 bits per heavy atom. The van der Waals surface area contributed by atoms with E-state index in [4.69, 9.17) is 13.6 Å². The van der Waals surface area contributed by atoms with Crippen LogP contribution in [0.25, 0.3) is 0 Å². The van der Waals surface area contributed by atoms with Gasteiger partial charge in [0.2, 0.25) is 0 Å². The lowest BCUT2D eigenvalue weighted by molar-refractivity contribution is -0.120. The van der Waals surface area contributed by atoms with Crippen molar-refractivity contribution in [1.82, 2.24) is 0 Å². The van der Waals surface area contributed by atoms with Crippen LogP contribution < -0.4 is 0 Å². The lowest BCUT2D eigenvalue weighted by atomic mass is 9.90. The van der Waals surface area contributed by atoms with Gasteiger partial charge >= 0.3 is 7.82 Å². The average Bonchev–Trinajstić information content (AvgIpc) is 2.50. The number of phosphoric ester groups is 1. The molecule has 164 valence electrons. The van der Waals surface area contributed by atoms with Gasteiger partial charge in [-0.1, -0.05) is 45.1 Å². The second-order valence-corrected chi connectivity index (χ2v) is 11.3. The van der Waals surface area contributed by atoms with E-state index in [9.17, 15) is 9.36 Å². The Labute approximate surface area is 172 Å². The Kier molecular flexibility index (Phi) is 10.1. The third-order valence-corrected chi connectivity index (χ3v) is 6.46. The highest BCUT2D eigenvalue weighted by molar-refractivity contribution is 7.48. The second kappa shape index (κ2) is 11.1. The Morgan fingerprint density at radius 2 is 1.36 bits per heavy atom.